The van der Waals surface area contributed by atoms with E-state index >= 15 is 0 Å². The van der Waals surface area contributed by atoms with Crippen LogP contribution in [-0.4, -0.2) is 315 Å². The summed E-state index contributed by atoms with van der Waals surface area (Å²) in [5, 5.41) is 81.7. The number of anilines is 1. The molecule has 8 heterocycles. The fourth-order valence-electron chi connectivity index (χ4n) is 11.0. The Bertz CT molecular complexity index is 4740. The van der Waals surface area contributed by atoms with E-state index in [0.717, 1.165) is 61.8 Å². The largest absolute Gasteiger partial charge is 0.480 e. The van der Waals surface area contributed by atoms with E-state index in [1.165, 1.54) is 13.5 Å². The molecule has 2 fully saturated rings. The molecule has 9 aromatic rings. The van der Waals surface area contributed by atoms with Crippen molar-refractivity contribution in [3.05, 3.63) is 103 Å². The molecule has 0 spiro atoms. The Kier molecular flexibility index (Phi) is 31.3. The monoisotopic (exact) mass is 1640 g/mol. The number of Topliss-reactive ketones (excluding diaryl/α,β-unsaturated/α-hetero) is 2. The highest BCUT2D eigenvalue weighted by Gasteiger charge is 2.24. The number of carboxylic acids is 5. The van der Waals surface area contributed by atoms with E-state index in [-0.39, 0.29) is 69.8 Å². The number of carboxylic acid groups (broad SMARTS) is 5. The Morgan fingerprint density at radius 3 is 0.873 bits per heavy atom. The van der Waals surface area contributed by atoms with Crippen molar-refractivity contribution in [1.82, 2.24) is 83.8 Å². The van der Waals surface area contributed by atoms with Crippen LogP contribution < -0.4 is 31.4 Å². The van der Waals surface area contributed by atoms with Gasteiger partial charge in [0.2, 0.25) is 33.8 Å². The lowest BCUT2D eigenvalue weighted by Gasteiger charge is -2.30. The molecule has 0 bridgehead atoms. The molecule has 1 amide bonds. The number of primary sulfonamides is 3. The molecular weight excluding hydrogens is 1560 g/mol. The molecule has 46 heteroatoms. The van der Waals surface area contributed by atoms with Crippen LogP contribution in [0.4, 0.5) is 5.69 Å². The Balaban J connectivity index is 0.000000193. The van der Waals surface area contributed by atoms with Gasteiger partial charge in [0.05, 0.1) is 74.9 Å². The van der Waals surface area contributed by atoms with Gasteiger partial charge in [0.1, 0.15) is 11.6 Å². The zero-order valence-corrected chi connectivity index (χ0v) is 64.4. The highest BCUT2D eigenvalue weighted by atomic mass is 32.3. The Labute approximate surface area is 641 Å². The van der Waals surface area contributed by atoms with Crippen LogP contribution >= 0.6 is 34.0 Å². The van der Waals surface area contributed by atoms with Crippen molar-refractivity contribution < 1.29 is 89.1 Å². The van der Waals surface area contributed by atoms with Gasteiger partial charge in [-0.25, -0.2) is 69.2 Å². The summed E-state index contributed by atoms with van der Waals surface area (Å²) in [4.78, 5) is 116. The molecule has 2 aliphatic rings. The first-order chi connectivity index (χ1) is 52.0. The number of fused-ring (bicyclic) bond motifs is 3. The number of carbonyl (C=O) groups is 8. The van der Waals surface area contributed by atoms with Crippen LogP contribution in [0.3, 0.4) is 0 Å². The zero-order valence-electron chi connectivity index (χ0n) is 59.5. The van der Waals surface area contributed by atoms with Crippen LogP contribution in [0.5, 0.6) is 0 Å². The smallest absolute Gasteiger partial charge is 0.317 e. The minimum absolute atomic E-state index is 0.0389. The minimum Gasteiger partial charge on any atom is -0.480 e. The molecule has 40 nitrogen and oxygen atoms in total. The van der Waals surface area contributed by atoms with E-state index < -0.39 is 59.9 Å². The molecule has 0 radical (unpaired) electrons. The van der Waals surface area contributed by atoms with E-state index in [2.05, 4.69) is 46.2 Å². The average molecular weight is 1640 g/mol. The van der Waals surface area contributed by atoms with Gasteiger partial charge in [0, 0.05) is 140 Å². The van der Waals surface area contributed by atoms with Gasteiger partial charge in [-0.2, -0.15) is 0 Å². The predicted molar refractivity (Wildman–Crippen MR) is 403 cm³/mol. The first-order valence-electron chi connectivity index (χ1n) is 33.6. The molecule has 0 aliphatic carbocycles. The van der Waals surface area contributed by atoms with Crippen molar-refractivity contribution in [2.45, 2.75) is 39.7 Å². The molecule has 11 rings (SSSR count). The number of hydrogen-bond donors (Lipinski definition) is 11. The summed E-state index contributed by atoms with van der Waals surface area (Å²) in [7, 11) is -11.5. The predicted octanol–water partition coefficient (Wildman–Crippen LogP) is -1.06. The van der Waals surface area contributed by atoms with Gasteiger partial charge in [0.25, 0.3) is 30.1 Å². The van der Waals surface area contributed by atoms with Crippen molar-refractivity contribution in [3.63, 3.8) is 0 Å². The summed E-state index contributed by atoms with van der Waals surface area (Å²) < 4.78 is 71.5. The van der Waals surface area contributed by atoms with Crippen molar-refractivity contribution in [3.8, 4) is 33.8 Å². The zero-order chi connectivity index (χ0) is 80.0. The number of imidazole rings is 3. The number of hydrogen-bond acceptors (Lipinski definition) is 31. The number of sulfonamides is 3. The first kappa shape index (κ1) is 86.1. The maximum Gasteiger partial charge on any atom is 0.317 e. The summed E-state index contributed by atoms with van der Waals surface area (Å²) in [5.41, 5.74) is 6.81. The number of carbonyl (C=O) groups excluding carboxylic acids is 3. The number of aliphatic carboxylic acids is 5. The Hall–Kier alpha value is -9.47. The number of amides is 1. The van der Waals surface area contributed by atoms with Crippen LogP contribution in [0.25, 0.3) is 48.7 Å². The van der Waals surface area contributed by atoms with Gasteiger partial charge in [-0.05, 0) is 37.1 Å². The van der Waals surface area contributed by atoms with Gasteiger partial charge in [-0.15, -0.1) is 15.3 Å². The number of rotatable bonds is 23. The normalized spacial score (nSPS) is 15.6. The van der Waals surface area contributed by atoms with Gasteiger partial charge >= 0.3 is 29.8 Å². The summed E-state index contributed by atoms with van der Waals surface area (Å²) >= 11 is 2.69. The first-order valence-corrected chi connectivity index (χ1v) is 40.7. The van der Waals surface area contributed by atoms with Crippen molar-refractivity contribution >= 4 is 132 Å². The summed E-state index contributed by atoms with van der Waals surface area (Å²) in [6, 6.07) is 21.9. The number of ketones is 2. The molecule has 0 unspecified atom stereocenters. The van der Waals surface area contributed by atoms with E-state index in [9.17, 15) is 73.8 Å². The Morgan fingerprint density at radius 2 is 0.636 bits per heavy atom. The minimum atomic E-state index is -3.92. The molecule has 0 saturated carbocycles. The fraction of sp³-hybridized carbons (Fsp3) is 0.406. The average Bonchev–Trinajstić information content (AvgIpc) is 1.65. The summed E-state index contributed by atoms with van der Waals surface area (Å²) in [6.45, 7) is 10.4. The third-order valence-electron chi connectivity index (χ3n) is 16.2. The van der Waals surface area contributed by atoms with Gasteiger partial charge < -0.3 is 41.5 Å². The third-order valence-corrected chi connectivity index (χ3v) is 22.9. The highest BCUT2D eigenvalue weighted by Crippen LogP contribution is 2.28. The highest BCUT2D eigenvalue weighted by molar-refractivity contribution is 7.91. The van der Waals surface area contributed by atoms with Gasteiger partial charge in [-0.3, -0.25) is 67.8 Å². The molecule has 0 atom stereocenters. The lowest BCUT2D eigenvalue weighted by molar-refractivity contribution is -0.140. The maximum atomic E-state index is 13.0. The molecule has 594 valence electrons. The van der Waals surface area contributed by atoms with E-state index in [0.29, 0.717) is 155 Å². The Morgan fingerprint density at radius 1 is 0.391 bits per heavy atom. The molecule has 2 saturated heterocycles. The SMILES string of the molecule is CC(=O)Cc1ccc(-c2cn3nc(S(N)(=O)=O)sc3n2)cc1.CC(=O)Cc1ccc(-c2cn3nc(S(N)(=O)=O)sc3n2)cc1.NS(=O)(=O)c1nn2cc(-c3ccc(NC(=O)CN4CCN(CC(=O)O)CCNCCN(CC(=O)O)CC4)cc3)nc2s1.O=C(O)CN1CCNCCN(CC(=O)O)CCN(CC(=O)O)CC1. The lowest BCUT2D eigenvalue weighted by atomic mass is 10.1. The standard InChI is InChI=1S/C24H33N9O7S2.C14H26N4O6.2C13H12N4O3S2/c25-42(39,40)24-29-33-13-19(28-23(33)41-24)17-1-3-18(4-2-17)27-20(34)14-32-11-9-30(15-21(35)36)7-5-26-6-8-31(10-12-32)16-22(37)38;19-12(20)9-16-3-1-15-2-4-17(10-13(21)22)6-8-18(7-5-16)11-14(23)24;2*1-8(18)6-9-2-4-10(5-3-9)11-7-17-12(15-11)21-13(16-17)22(14,19)20/h1-4,13,26H,5-12,14-16H2,(H,27,34)(H,35,36)(H,37,38)(H2,25,39,40);15H,1-11H2,(H,19,20)(H,21,22)(H,23,24);2*2-5,7H,6H2,1H3,(H2,14,19,20). The van der Waals surface area contributed by atoms with Crippen LogP contribution in [0, 0.1) is 0 Å². The summed E-state index contributed by atoms with van der Waals surface area (Å²) in [6.07, 6.45) is 5.67. The number of nitrogens with zero attached hydrogens (tertiary/aromatic N) is 15. The molecule has 2 aliphatic heterocycles. The fourth-order valence-corrected chi connectivity index (χ4v) is 15.5. The topological polar surface area (TPSA) is 564 Å². The number of aromatic nitrogens is 9. The van der Waals surface area contributed by atoms with Gasteiger partial charge in [0.15, 0.2) is 0 Å². The van der Waals surface area contributed by atoms with Crippen molar-refractivity contribution in [2.24, 2.45) is 15.4 Å². The van der Waals surface area contributed by atoms with Gasteiger partial charge in [-0.1, -0.05) is 94.7 Å². The van der Waals surface area contributed by atoms with Crippen LogP contribution in [0.1, 0.15) is 25.0 Å². The second kappa shape index (κ2) is 39.9. The molecule has 110 heavy (non-hydrogen) atoms. The lowest BCUT2D eigenvalue weighted by Crippen LogP contribution is -2.48. The number of benzene rings is 3. The molecular formula is C64H83N21O19S6. The van der Waals surface area contributed by atoms with E-state index in [1.54, 1.807) is 81.2 Å². The number of nitrogens with two attached hydrogens (primary N) is 3. The van der Waals surface area contributed by atoms with Crippen molar-refractivity contribution in [2.75, 3.05) is 149 Å². The van der Waals surface area contributed by atoms with E-state index in [4.69, 9.17) is 30.7 Å². The number of nitrogens with one attached hydrogen (secondary N) is 3. The van der Waals surface area contributed by atoms with E-state index in [1.807, 2.05) is 53.4 Å². The van der Waals surface area contributed by atoms with Crippen LogP contribution in [0.2, 0.25) is 0 Å². The molecule has 14 N–H and O–H groups in total. The second-order valence-electron chi connectivity index (χ2n) is 25.2. The summed E-state index contributed by atoms with van der Waals surface area (Å²) in [5.74, 6) is -4.71. The third kappa shape index (κ3) is 28.1. The quantitative estimate of drug-likeness (QED) is 0.0364. The van der Waals surface area contributed by atoms with Crippen LogP contribution in [-0.2, 0) is 81.3 Å². The maximum absolute atomic E-state index is 13.0. The molecule has 3 aromatic carbocycles. The van der Waals surface area contributed by atoms with Crippen molar-refractivity contribution in [1.29, 1.82) is 0 Å². The van der Waals surface area contributed by atoms with Crippen LogP contribution in [0.15, 0.2) is 104 Å². The molecule has 6 aromatic heterocycles. The second-order valence-corrected chi connectivity index (χ2v) is 33.3.